The lowest BCUT2D eigenvalue weighted by molar-refractivity contribution is 0.211. The van der Waals surface area contributed by atoms with E-state index in [4.69, 9.17) is 26.8 Å². The van der Waals surface area contributed by atoms with Gasteiger partial charge < -0.3 is 15.2 Å². The molecule has 2 aromatic rings. The lowest BCUT2D eigenvalue weighted by Crippen LogP contribution is -2.16. The summed E-state index contributed by atoms with van der Waals surface area (Å²) in [6.45, 7) is 0. The number of halogens is 2. The summed E-state index contributed by atoms with van der Waals surface area (Å²) >= 11 is 5.97. The predicted octanol–water partition coefficient (Wildman–Crippen LogP) is 3.61. The molecule has 4 nitrogen and oxygen atoms in total. The van der Waals surface area contributed by atoms with E-state index in [-0.39, 0.29) is 5.75 Å². The Morgan fingerprint density at radius 1 is 1.25 bits per heavy atom. The van der Waals surface area contributed by atoms with Crippen molar-refractivity contribution in [3.05, 3.63) is 47.2 Å². The monoisotopic (exact) mass is 295 g/mol. The van der Waals surface area contributed by atoms with Crippen molar-refractivity contribution in [3.63, 3.8) is 0 Å². The fourth-order valence-electron chi connectivity index (χ4n) is 1.76. The first-order valence-electron chi connectivity index (χ1n) is 5.61. The highest BCUT2D eigenvalue weighted by Gasteiger charge is 2.12. The van der Waals surface area contributed by atoms with Crippen LogP contribution < -0.4 is 15.2 Å². The van der Waals surface area contributed by atoms with Gasteiger partial charge in [0.25, 0.3) is 0 Å². The van der Waals surface area contributed by atoms with Crippen LogP contribution in [-0.4, -0.2) is 13.2 Å². The molecule has 0 spiro atoms. The van der Waals surface area contributed by atoms with Crippen LogP contribution in [-0.2, 0) is 0 Å². The van der Waals surface area contributed by atoms with Gasteiger partial charge in [0.2, 0.25) is 0 Å². The second-order valence-corrected chi connectivity index (χ2v) is 4.38. The molecule has 0 fully saturated rings. The van der Waals surface area contributed by atoms with Crippen LogP contribution in [0.3, 0.4) is 0 Å². The maximum absolute atomic E-state index is 13.4. The van der Waals surface area contributed by atoms with E-state index in [0.717, 1.165) is 0 Å². The summed E-state index contributed by atoms with van der Waals surface area (Å²) in [6.07, 6.45) is -0.980. The molecule has 2 N–H and O–H groups in total. The van der Waals surface area contributed by atoms with Crippen LogP contribution in [0, 0.1) is 5.82 Å². The molecule has 0 atom stereocenters. The number of hydrogen-bond acceptors (Lipinski definition) is 3. The molecule has 0 radical (unpaired) electrons. The van der Waals surface area contributed by atoms with E-state index in [0.29, 0.717) is 21.9 Å². The number of ether oxygens (including phenoxy) is 2. The number of primary amides is 1. The first kappa shape index (κ1) is 14.1. The highest BCUT2D eigenvalue weighted by atomic mass is 35.5. The van der Waals surface area contributed by atoms with E-state index in [9.17, 15) is 9.18 Å². The van der Waals surface area contributed by atoms with Gasteiger partial charge in [0, 0.05) is 10.6 Å². The molecule has 0 aliphatic carbocycles. The summed E-state index contributed by atoms with van der Waals surface area (Å²) in [4.78, 5) is 10.9. The van der Waals surface area contributed by atoms with Crippen LogP contribution in [0.25, 0.3) is 11.1 Å². The molecule has 1 amide bonds. The van der Waals surface area contributed by atoms with E-state index in [1.165, 1.54) is 25.3 Å². The SMILES string of the molecule is COc1cc(Cl)cc(-c2cc(F)ccc2OC(N)=O)c1. The van der Waals surface area contributed by atoms with Crippen molar-refractivity contribution in [2.75, 3.05) is 7.11 Å². The molecular formula is C14H11ClFNO3. The van der Waals surface area contributed by atoms with Crippen molar-refractivity contribution < 1.29 is 18.7 Å². The third-order valence-corrected chi connectivity index (χ3v) is 2.79. The molecule has 0 bridgehead atoms. The third-order valence-electron chi connectivity index (χ3n) is 2.57. The highest BCUT2D eigenvalue weighted by molar-refractivity contribution is 6.31. The number of carbonyl (C=O) groups excluding carboxylic acids is 1. The third kappa shape index (κ3) is 3.19. The fourth-order valence-corrected chi connectivity index (χ4v) is 1.99. The quantitative estimate of drug-likeness (QED) is 0.941. The van der Waals surface area contributed by atoms with Gasteiger partial charge in [-0.3, -0.25) is 0 Å². The number of nitrogens with two attached hydrogens (primary N) is 1. The molecular weight excluding hydrogens is 285 g/mol. The summed E-state index contributed by atoms with van der Waals surface area (Å²) < 4.78 is 23.4. The topological polar surface area (TPSA) is 61.6 Å². The van der Waals surface area contributed by atoms with Crippen LogP contribution in [0.2, 0.25) is 5.02 Å². The van der Waals surface area contributed by atoms with Gasteiger partial charge in [0.1, 0.15) is 17.3 Å². The number of amides is 1. The van der Waals surface area contributed by atoms with Crippen LogP contribution in [0.5, 0.6) is 11.5 Å². The first-order chi connectivity index (χ1) is 9.49. The molecule has 2 rings (SSSR count). The van der Waals surface area contributed by atoms with Gasteiger partial charge in [-0.25, -0.2) is 9.18 Å². The Bertz CT molecular complexity index is 661. The molecule has 0 aliphatic heterocycles. The largest absolute Gasteiger partial charge is 0.497 e. The second-order valence-electron chi connectivity index (χ2n) is 3.94. The Morgan fingerprint density at radius 2 is 2.00 bits per heavy atom. The van der Waals surface area contributed by atoms with Gasteiger partial charge in [-0.05, 0) is 42.0 Å². The van der Waals surface area contributed by atoms with Crippen molar-refractivity contribution in [1.82, 2.24) is 0 Å². The van der Waals surface area contributed by atoms with E-state index < -0.39 is 11.9 Å². The van der Waals surface area contributed by atoms with Gasteiger partial charge >= 0.3 is 6.09 Å². The zero-order chi connectivity index (χ0) is 14.7. The molecule has 0 saturated carbocycles. The van der Waals surface area contributed by atoms with Gasteiger partial charge in [-0.15, -0.1) is 0 Å². The first-order valence-corrected chi connectivity index (χ1v) is 5.99. The number of benzene rings is 2. The molecule has 0 saturated heterocycles. The molecule has 20 heavy (non-hydrogen) atoms. The van der Waals surface area contributed by atoms with Crippen LogP contribution >= 0.6 is 11.6 Å². The predicted molar refractivity (Wildman–Crippen MR) is 73.6 cm³/mol. The number of hydrogen-bond donors (Lipinski definition) is 1. The summed E-state index contributed by atoms with van der Waals surface area (Å²) in [6, 6.07) is 8.58. The lowest BCUT2D eigenvalue weighted by atomic mass is 10.0. The number of rotatable bonds is 3. The Balaban J connectivity index is 2.58. The van der Waals surface area contributed by atoms with Crippen molar-refractivity contribution in [3.8, 4) is 22.6 Å². The van der Waals surface area contributed by atoms with E-state index in [2.05, 4.69) is 0 Å². The number of methoxy groups -OCH3 is 1. The second kappa shape index (κ2) is 5.79. The Hall–Kier alpha value is -2.27. The molecule has 0 heterocycles. The standard InChI is InChI=1S/C14H11ClFNO3/c1-19-11-5-8(4-9(15)6-11)12-7-10(16)2-3-13(12)20-14(17)18/h2-7H,1H3,(H2,17,18). The zero-order valence-electron chi connectivity index (χ0n) is 10.5. The summed E-state index contributed by atoms with van der Waals surface area (Å²) in [5.41, 5.74) is 5.89. The number of carbonyl (C=O) groups is 1. The van der Waals surface area contributed by atoms with Gasteiger partial charge in [0.05, 0.1) is 7.11 Å². The molecule has 6 heteroatoms. The highest BCUT2D eigenvalue weighted by Crippen LogP contribution is 2.35. The van der Waals surface area contributed by atoms with E-state index >= 15 is 0 Å². The minimum atomic E-state index is -0.980. The fraction of sp³-hybridized carbons (Fsp3) is 0.0714. The van der Waals surface area contributed by atoms with Gasteiger partial charge in [-0.1, -0.05) is 11.6 Å². The summed E-state index contributed by atoms with van der Waals surface area (Å²) in [5, 5.41) is 0.411. The molecule has 0 aromatic heterocycles. The Morgan fingerprint density at radius 3 is 2.65 bits per heavy atom. The van der Waals surface area contributed by atoms with Crippen molar-refractivity contribution in [1.29, 1.82) is 0 Å². The minimum Gasteiger partial charge on any atom is -0.497 e. The maximum Gasteiger partial charge on any atom is 0.409 e. The molecule has 104 valence electrons. The average Bonchev–Trinajstić information content (AvgIpc) is 2.39. The zero-order valence-corrected chi connectivity index (χ0v) is 11.3. The van der Waals surface area contributed by atoms with Crippen molar-refractivity contribution in [2.24, 2.45) is 5.73 Å². The lowest BCUT2D eigenvalue weighted by Gasteiger charge is -2.11. The van der Waals surface area contributed by atoms with Gasteiger partial charge in [0.15, 0.2) is 0 Å². The molecule has 2 aromatic carbocycles. The van der Waals surface area contributed by atoms with Crippen LogP contribution in [0.1, 0.15) is 0 Å². The summed E-state index contributed by atoms with van der Waals surface area (Å²) in [5.74, 6) is 0.167. The minimum absolute atomic E-state index is 0.142. The van der Waals surface area contributed by atoms with Crippen molar-refractivity contribution >= 4 is 17.7 Å². The van der Waals surface area contributed by atoms with E-state index in [1.54, 1.807) is 18.2 Å². The average molecular weight is 296 g/mol. The molecule has 0 unspecified atom stereocenters. The smallest absolute Gasteiger partial charge is 0.409 e. The molecule has 0 aliphatic rings. The van der Waals surface area contributed by atoms with E-state index in [1.807, 2.05) is 0 Å². The van der Waals surface area contributed by atoms with Crippen molar-refractivity contribution in [2.45, 2.75) is 0 Å². The van der Waals surface area contributed by atoms with Gasteiger partial charge in [-0.2, -0.15) is 0 Å². The van der Waals surface area contributed by atoms with Crippen LogP contribution in [0.4, 0.5) is 9.18 Å². The maximum atomic E-state index is 13.4. The summed E-state index contributed by atoms with van der Waals surface area (Å²) in [7, 11) is 1.49. The normalized spacial score (nSPS) is 10.2. The van der Waals surface area contributed by atoms with Crippen LogP contribution in [0.15, 0.2) is 36.4 Å². The Labute approximate surface area is 119 Å². The Kier molecular flexibility index (Phi) is 4.10.